The van der Waals surface area contributed by atoms with Crippen molar-refractivity contribution >= 4 is 15.8 Å². The lowest BCUT2D eigenvalue weighted by Crippen LogP contribution is -2.28. The van der Waals surface area contributed by atoms with Gasteiger partial charge in [-0.15, -0.1) is 0 Å². The molecule has 0 unspecified atom stereocenters. The van der Waals surface area contributed by atoms with E-state index >= 15 is 0 Å². The van der Waals surface area contributed by atoms with Gasteiger partial charge in [0.15, 0.2) is 0 Å². The zero-order valence-corrected chi connectivity index (χ0v) is 8.96. The average molecular weight is 289 g/mol. The first kappa shape index (κ1) is 14.2. The van der Waals surface area contributed by atoms with Crippen LogP contribution in [0.15, 0.2) is 18.2 Å². The topological polar surface area (TPSA) is 86.5 Å². The van der Waals surface area contributed by atoms with E-state index in [0.717, 1.165) is 0 Å². The molecule has 0 spiro atoms. The second-order valence-corrected chi connectivity index (χ2v) is 4.39. The Bertz CT molecular complexity index is 582. The molecule has 0 heterocycles. The largest absolute Gasteiger partial charge is 0.534 e. The molecule has 0 saturated heterocycles. The number of rotatable bonds is 3. The summed E-state index contributed by atoms with van der Waals surface area (Å²) in [4.78, 5) is 9.19. The normalized spacial score (nSPS) is 12.2. The van der Waals surface area contributed by atoms with Crippen molar-refractivity contribution in [2.75, 3.05) is 0 Å². The van der Waals surface area contributed by atoms with Crippen LogP contribution >= 0.6 is 0 Å². The lowest BCUT2D eigenvalue weighted by atomic mass is 10.3. The van der Waals surface area contributed by atoms with Crippen LogP contribution < -0.4 is 4.18 Å². The van der Waals surface area contributed by atoms with E-state index in [9.17, 15) is 36.1 Å². The molecule has 6 nitrogen and oxygen atoms in total. The summed E-state index contributed by atoms with van der Waals surface area (Å²) < 4.78 is 73.4. The van der Waals surface area contributed by atoms with Gasteiger partial charge >= 0.3 is 21.3 Å². The maximum atomic E-state index is 12.7. The van der Waals surface area contributed by atoms with E-state index in [1.54, 1.807) is 0 Å². The van der Waals surface area contributed by atoms with Gasteiger partial charge in [0.25, 0.3) is 0 Å². The summed E-state index contributed by atoms with van der Waals surface area (Å²) >= 11 is 0. The SMILES string of the molecule is O=[N+]([O-])c1ccc(F)cc1OS(=O)(=O)C(F)(F)F. The fraction of sp³-hybridized carbons (Fsp3) is 0.143. The Hall–Kier alpha value is -1.91. The number of halogens is 4. The van der Waals surface area contributed by atoms with Gasteiger partial charge in [0.1, 0.15) is 5.82 Å². The number of nitrogens with zero attached hydrogens (tertiary/aromatic N) is 1. The predicted octanol–water partition coefficient (Wildman–Crippen LogP) is 1.96. The van der Waals surface area contributed by atoms with Crippen LogP contribution in [0.25, 0.3) is 0 Å². The minimum Gasteiger partial charge on any atom is -0.369 e. The summed E-state index contributed by atoms with van der Waals surface area (Å²) in [7, 11) is -6.09. The number of hydrogen-bond donors (Lipinski definition) is 0. The molecule has 0 radical (unpaired) electrons. The molecule has 100 valence electrons. The first-order chi connectivity index (χ1) is 8.04. The number of alkyl halides is 3. The molecule has 0 aromatic heterocycles. The maximum absolute atomic E-state index is 12.7. The molecule has 0 amide bonds. The Morgan fingerprint density at radius 1 is 1.28 bits per heavy atom. The second-order valence-electron chi connectivity index (χ2n) is 2.85. The van der Waals surface area contributed by atoms with Crippen LogP contribution in [0.3, 0.4) is 0 Å². The first-order valence-electron chi connectivity index (χ1n) is 3.99. The smallest absolute Gasteiger partial charge is 0.369 e. The second kappa shape index (κ2) is 4.40. The summed E-state index contributed by atoms with van der Waals surface area (Å²) in [5.41, 5.74) is -6.88. The highest BCUT2D eigenvalue weighted by atomic mass is 32.2. The highest BCUT2D eigenvalue weighted by molar-refractivity contribution is 7.88. The van der Waals surface area contributed by atoms with Crippen LogP contribution in [0.5, 0.6) is 5.75 Å². The predicted molar refractivity (Wildman–Crippen MR) is 48.7 cm³/mol. The molecule has 0 N–H and O–H groups in total. The fourth-order valence-electron chi connectivity index (χ4n) is 0.871. The van der Waals surface area contributed by atoms with Crippen LogP contribution in [0.2, 0.25) is 0 Å². The van der Waals surface area contributed by atoms with Gasteiger partial charge in [0, 0.05) is 12.1 Å². The molecule has 18 heavy (non-hydrogen) atoms. The molecule has 0 atom stereocenters. The van der Waals surface area contributed by atoms with Gasteiger partial charge in [-0.1, -0.05) is 0 Å². The van der Waals surface area contributed by atoms with Crippen LogP contribution in [0, 0.1) is 15.9 Å². The third-order valence-electron chi connectivity index (χ3n) is 1.60. The highest BCUT2D eigenvalue weighted by Crippen LogP contribution is 2.33. The molecule has 1 rings (SSSR count). The van der Waals surface area contributed by atoms with Gasteiger partial charge in [0.2, 0.25) is 5.75 Å². The van der Waals surface area contributed by atoms with E-state index in [0.29, 0.717) is 12.1 Å². The molecule has 0 aliphatic carbocycles. The summed E-state index contributed by atoms with van der Waals surface area (Å²) in [6.45, 7) is 0. The summed E-state index contributed by atoms with van der Waals surface area (Å²) in [6, 6.07) is 1.23. The Morgan fingerprint density at radius 3 is 2.28 bits per heavy atom. The van der Waals surface area contributed by atoms with Crippen molar-refractivity contribution in [3.05, 3.63) is 34.1 Å². The van der Waals surface area contributed by atoms with Gasteiger partial charge in [-0.3, -0.25) is 10.1 Å². The van der Waals surface area contributed by atoms with Crippen LogP contribution in [0.4, 0.5) is 23.2 Å². The van der Waals surface area contributed by atoms with Crippen LogP contribution in [-0.2, 0) is 10.1 Å². The van der Waals surface area contributed by atoms with Crippen molar-refractivity contribution in [2.45, 2.75) is 5.51 Å². The fourth-order valence-corrected chi connectivity index (χ4v) is 1.34. The van der Waals surface area contributed by atoms with Crippen molar-refractivity contribution in [1.29, 1.82) is 0 Å². The minimum atomic E-state index is -6.09. The van der Waals surface area contributed by atoms with Gasteiger partial charge < -0.3 is 4.18 Å². The number of nitro benzene ring substituents is 1. The van der Waals surface area contributed by atoms with Crippen LogP contribution in [0.1, 0.15) is 0 Å². The van der Waals surface area contributed by atoms with E-state index in [4.69, 9.17) is 0 Å². The zero-order valence-electron chi connectivity index (χ0n) is 8.14. The quantitative estimate of drug-likeness (QED) is 0.279. The highest BCUT2D eigenvalue weighted by Gasteiger charge is 2.49. The summed E-state index contributed by atoms with van der Waals surface area (Å²) in [5, 5.41) is 10.4. The van der Waals surface area contributed by atoms with Crippen LogP contribution in [-0.4, -0.2) is 18.8 Å². The standard InChI is InChI=1S/C7H3F4NO5S/c8-4-1-2-5(12(13)14)6(3-4)17-18(15,16)7(9,10)11/h1-3H. The molecule has 11 heteroatoms. The lowest BCUT2D eigenvalue weighted by Gasteiger charge is -2.09. The molecule has 0 aliphatic heterocycles. The van der Waals surface area contributed by atoms with Crippen molar-refractivity contribution < 1.29 is 35.1 Å². The van der Waals surface area contributed by atoms with E-state index < -0.39 is 37.8 Å². The van der Waals surface area contributed by atoms with Gasteiger partial charge in [0.05, 0.1) is 4.92 Å². The molecule has 0 saturated carbocycles. The number of benzene rings is 1. The zero-order chi connectivity index (χ0) is 14.1. The van der Waals surface area contributed by atoms with Crippen molar-refractivity contribution in [3.8, 4) is 5.75 Å². The third-order valence-corrected chi connectivity index (χ3v) is 2.57. The van der Waals surface area contributed by atoms with Gasteiger partial charge in [-0.05, 0) is 6.07 Å². The average Bonchev–Trinajstić information content (AvgIpc) is 2.14. The van der Waals surface area contributed by atoms with E-state index in [2.05, 4.69) is 4.18 Å². The molecule has 0 bridgehead atoms. The number of hydrogen-bond acceptors (Lipinski definition) is 5. The molecule has 1 aromatic carbocycles. The Morgan fingerprint density at radius 2 is 1.83 bits per heavy atom. The third kappa shape index (κ3) is 2.85. The first-order valence-corrected chi connectivity index (χ1v) is 5.40. The molecular formula is C7H3F4NO5S. The number of nitro groups is 1. The molecule has 1 aromatic rings. The monoisotopic (exact) mass is 289 g/mol. The van der Waals surface area contributed by atoms with Crippen molar-refractivity contribution in [1.82, 2.24) is 0 Å². The van der Waals surface area contributed by atoms with E-state index in [-0.39, 0.29) is 6.07 Å². The Labute approximate surface area is 97.1 Å². The van der Waals surface area contributed by atoms with E-state index in [1.807, 2.05) is 0 Å². The lowest BCUT2D eigenvalue weighted by molar-refractivity contribution is -0.385. The van der Waals surface area contributed by atoms with Crippen molar-refractivity contribution in [2.24, 2.45) is 0 Å². The maximum Gasteiger partial charge on any atom is 0.534 e. The molecular weight excluding hydrogens is 286 g/mol. The van der Waals surface area contributed by atoms with Gasteiger partial charge in [-0.25, -0.2) is 4.39 Å². The van der Waals surface area contributed by atoms with Gasteiger partial charge in [-0.2, -0.15) is 21.6 Å². The Balaban J connectivity index is 3.27. The molecule has 0 aliphatic rings. The van der Waals surface area contributed by atoms with E-state index in [1.165, 1.54) is 0 Å². The van der Waals surface area contributed by atoms with Crippen molar-refractivity contribution in [3.63, 3.8) is 0 Å². The summed E-state index contributed by atoms with van der Waals surface area (Å²) in [5.74, 6) is -2.54. The molecule has 0 fully saturated rings. The summed E-state index contributed by atoms with van der Waals surface area (Å²) in [6.07, 6.45) is 0. The minimum absolute atomic E-state index is 0.168. The Kier molecular flexibility index (Phi) is 3.46.